The molecule has 1 aliphatic heterocycles. The fraction of sp³-hybridized carbons (Fsp3) is 0.688. The number of urea groups is 1. The number of thiazole rings is 1. The zero-order valence-corrected chi connectivity index (χ0v) is 15.0. The van der Waals surface area contributed by atoms with Crippen molar-refractivity contribution >= 4 is 23.3 Å². The van der Waals surface area contributed by atoms with Crippen molar-refractivity contribution in [2.75, 3.05) is 13.1 Å². The monoisotopic (exact) mass is 391 g/mol. The molecule has 2 N–H and O–H groups in total. The molecule has 3 atom stereocenters. The van der Waals surface area contributed by atoms with Crippen LogP contribution in [0.15, 0.2) is 5.38 Å². The quantitative estimate of drug-likeness (QED) is 0.823. The molecule has 0 bridgehead atoms. The van der Waals surface area contributed by atoms with Crippen molar-refractivity contribution < 1.29 is 27.9 Å². The molecule has 1 aliphatic carbocycles. The average molecular weight is 391 g/mol. The molecule has 6 nitrogen and oxygen atoms in total. The summed E-state index contributed by atoms with van der Waals surface area (Å²) in [6.45, 7) is 2.25. The van der Waals surface area contributed by atoms with Gasteiger partial charge in [-0.3, -0.25) is 4.79 Å². The standard InChI is InChI=1S/C16H20F3N3O3S/c1-2-10(12-21-11(7-26-12)16(17,18)19)20-14(25)22-6-9-4-3-5-15(9,8-22)13(23)24/h7,9-10H,2-6,8H2,1H3,(H,20,25)(H,23,24)/t9-,10?,15+/m0/s1. The maximum absolute atomic E-state index is 12.7. The van der Waals surface area contributed by atoms with Gasteiger partial charge in [-0.2, -0.15) is 13.2 Å². The normalized spacial score (nSPS) is 26.6. The Morgan fingerprint density at radius 3 is 2.81 bits per heavy atom. The Labute approximate surface area is 152 Å². The van der Waals surface area contributed by atoms with Gasteiger partial charge in [0, 0.05) is 18.5 Å². The third-order valence-corrected chi connectivity index (χ3v) is 6.36. The Kier molecular flexibility index (Phi) is 4.89. The first kappa shape index (κ1) is 18.9. The van der Waals surface area contributed by atoms with Gasteiger partial charge in [0.2, 0.25) is 0 Å². The summed E-state index contributed by atoms with van der Waals surface area (Å²) in [5.41, 5.74) is -1.85. The summed E-state index contributed by atoms with van der Waals surface area (Å²) in [6, 6.07) is -1.08. The Bertz CT molecular complexity index is 708. The number of hydrogen-bond acceptors (Lipinski definition) is 4. The number of rotatable bonds is 4. The highest BCUT2D eigenvalue weighted by Gasteiger charge is 2.55. The smallest absolute Gasteiger partial charge is 0.434 e. The summed E-state index contributed by atoms with van der Waals surface area (Å²) in [6.07, 6.45) is -1.97. The minimum Gasteiger partial charge on any atom is -0.481 e. The first-order chi connectivity index (χ1) is 12.2. The number of fused-ring (bicyclic) bond motifs is 1. The molecule has 1 aromatic heterocycles. The van der Waals surface area contributed by atoms with Crippen LogP contribution in [0, 0.1) is 11.3 Å². The van der Waals surface area contributed by atoms with E-state index in [-0.39, 0.29) is 17.5 Å². The number of aliphatic carboxylic acids is 1. The van der Waals surface area contributed by atoms with E-state index in [2.05, 4.69) is 10.3 Å². The van der Waals surface area contributed by atoms with E-state index in [1.54, 1.807) is 6.92 Å². The largest absolute Gasteiger partial charge is 0.481 e. The van der Waals surface area contributed by atoms with E-state index >= 15 is 0 Å². The van der Waals surface area contributed by atoms with E-state index in [1.165, 1.54) is 4.90 Å². The third-order valence-electron chi connectivity index (χ3n) is 5.40. The molecule has 1 aromatic rings. The number of nitrogens with one attached hydrogen (secondary N) is 1. The van der Waals surface area contributed by atoms with Crippen LogP contribution in [-0.2, 0) is 11.0 Å². The average Bonchev–Trinajstić information content (AvgIpc) is 3.24. The Balaban J connectivity index is 1.69. The van der Waals surface area contributed by atoms with Crippen LogP contribution < -0.4 is 5.32 Å². The number of carbonyl (C=O) groups is 2. The molecule has 0 spiro atoms. The highest BCUT2D eigenvalue weighted by Crippen LogP contribution is 2.49. The van der Waals surface area contributed by atoms with Crippen LogP contribution in [0.2, 0.25) is 0 Å². The minimum absolute atomic E-state index is 0.0671. The number of carboxylic acid groups (broad SMARTS) is 1. The van der Waals surface area contributed by atoms with Gasteiger partial charge in [0.05, 0.1) is 11.5 Å². The van der Waals surface area contributed by atoms with Gasteiger partial charge in [0.15, 0.2) is 5.69 Å². The van der Waals surface area contributed by atoms with E-state index in [1.807, 2.05) is 0 Å². The number of hydrogen-bond donors (Lipinski definition) is 2. The maximum Gasteiger partial charge on any atom is 0.434 e. The summed E-state index contributed by atoms with van der Waals surface area (Å²) in [4.78, 5) is 29.3. The SMILES string of the molecule is CCC(NC(=O)N1C[C@@H]2CCC[C@@]2(C(=O)O)C1)c1nc(C(F)(F)F)cs1. The van der Waals surface area contributed by atoms with Crippen molar-refractivity contribution in [1.29, 1.82) is 0 Å². The summed E-state index contributed by atoms with van der Waals surface area (Å²) in [7, 11) is 0. The van der Waals surface area contributed by atoms with E-state index in [0.29, 0.717) is 19.4 Å². The molecule has 1 saturated carbocycles. The summed E-state index contributed by atoms with van der Waals surface area (Å²) in [5.74, 6) is -0.945. The summed E-state index contributed by atoms with van der Waals surface area (Å²) < 4.78 is 38.2. The van der Waals surface area contributed by atoms with Crippen LogP contribution in [0.3, 0.4) is 0 Å². The minimum atomic E-state index is -4.52. The Morgan fingerprint density at radius 1 is 1.54 bits per heavy atom. The van der Waals surface area contributed by atoms with E-state index in [4.69, 9.17) is 0 Å². The molecule has 0 radical (unpaired) electrons. The molecular weight excluding hydrogens is 371 g/mol. The van der Waals surface area contributed by atoms with Crippen molar-refractivity contribution in [3.63, 3.8) is 0 Å². The van der Waals surface area contributed by atoms with Crippen molar-refractivity contribution in [3.8, 4) is 0 Å². The van der Waals surface area contributed by atoms with Gasteiger partial charge in [-0.15, -0.1) is 11.3 Å². The van der Waals surface area contributed by atoms with Crippen molar-refractivity contribution in [2.24, 2.45) is 11.3 Å². The van der Waals surface area contributed by atoms with Crippen molar-refractivity contribution in [1.82, 2.24) is 15.2 Å². The van der Waals surface area contributed by atoms with Crippen molar-refractivity contribution in [2.45, 2.75) is 44.8 Å². The zero-order chi connectivity index (χ0) is 19.1. The van der Waals surface area contributed by atoms with Crippen LogP contribution in [0.4, 0.5) is 18.0 Å². The number of nitrogens with zero attached hydrogens (tertiary/aromatic N) is 2. The molecule has 2 heterocycles. The molecule has 3 rings (SSSR count). The molecule has 1 saturated heterocycles. The number of carbonyl (C=O) groups excluding carboxylic acids is 1. The number of carboxylic acids is 1. The predicted molar refractivity (Wildman–Crippen MR) is 87.7 cm³/mol. The lowest BCUT2D eigenvalue weighted by Gasteiger charge is -2.24. The van der Waals surface area contributed by atoms with Crippen LogP contribution in [0.5, 0.6) is 0 Å². The molecule has 2 aliphatic rings. The number of likely N-dealkylation sites (tertiary alicyclic amines) is 1. The van der Waals surface area contributed by atoms with Gasteiger partial charge >= 0.3 is 18.2 Å². The number of amides is 2. The molecule has 2 fully saturated rings. The summed E-state index contributed by atoms with van der Waals surface area (Å²) >= 11 is 0.856. The lowest BCUT2D eigenvalue weighted by atomic mass is 9.81. The molecule has 26 heavy (non-hydrogen) atoms. The second-order valence-electron chi connectivity index (χ2n) is 6.91. The third kappa shape index (κ3) is 3.26. The van der Waals surface area contributed by atoms with E-state index < -0.39 is 35.3 Å². The van der Waals surface area contributed by atoms with Crippen LogP contribution in [0.25, 0.3) is 0 Å². The molecule has 144 valence electrons. The first-order valence-electron chi connectivity index (χ1n) is 8.49. The van der Waals surface area contributed by atoms with Gasteiger partial charge in [-0.25, -0.2) is 9.78 Å². The maximum atomic E-state index is 12.7. The first-order valence-corrected chi connectivity index (χ1v) is 9.37. The molecule has 0 aromatic carbocycles. The topological polar surface area (TPSA) is 82.5 Å². The molecule has 1 unspecified atom stereocenters. The van der Waals surface area contributed by atoms with Gasteiger partial charge in [-0.1, -0.05) is 13.3 Å². The zero-order valence-electron chi connectivity index (χ0n) is 14.2. The van der Waals surface area contributed by atoms with Gasteiger partial charge < -0.3 is 15.3 Å². The second-order valence-corrected chi connectivity index (χ2v) is 7.80. The van der Waals surface area contributed by atoms with E-state index in [0.717, 1.165) is 29.6 Å². The number of alkyl halides is 3. The highest BCUT2D eigenvalue weighted by atomic mass is 32.1. The van der Waals surface area contributed by atoms with Crippen LogP contribution in [0.1, 0.15) is 49.4 Å². The van der Waals surface area contributed by atoms with Gasteiger partial charge in [-0.05, 0) is 25.2 Å². The summed E-state index contributed by atoms with van der Waals surface area (Å²) in [5, 5.41) is 13.4. The van der Waals surface area contributed by atoms with Crippen LogP contribution >= 0.6 is 11.3 Å². The molecule has 2 amide bonds. The second kappa shape index (κ2) is 6.71. The number of aromatic nitrogens is 1. The molecule has 10 heteroatoms. The Hall–Kier alpha value is -1.84. The highest BCUT2D eigenvalue weighted by molar-refractivity contribution is 7.09. The number of halogens is 3. The van der Waals surface area contributed by atoms with Gasteiger partial charge in [0.25, 0.3) is 0 Å². The Morgan fingerprint density at radius 2 is 2.27 bits per heavy atom. The van der Waals surface area contributed by atoms with Crippen LogP contribution in [-0.4, -0.2) is 40.1 Å². The van der Waals surface area contributed by atoms with E-state index in [9.17, 15) is 27.9 Å². The molecular formula is C16H20F3N3O3S. The fourth-order valence-electron chi connectivity index (χ4n) is 3.95. The fourth-order valence-corrected chi connectivity index (χ4v) is 4.91. The lowest BCUT2D eigenvalue weighted by molar-refractivity contribution is -0.149. The van der Waals surface area contributed by atoms with Gasteiger partial charge in [0.1, 0.15) is 5.01 Å². The predicted octanol–water partition coefficient (Wildman–Crippen LogP) is 3.51. The van der Waals surface area contributed by atoms with Crippen molar-refractivity contribution in [3.05, 3.63) is 16.1 Å². The lowest BCUT2D eigenvalue weighted by Crippen LogP contribution is -2.42.